The summed E-state index contributed by atoms with van der Waals surface area (Å²) in [7, 11) is 0. The van der Waals surface area contributed by atoms with E-state index < -0.39 is 5.97 Å². The predicted molar refractivity (Wildman–Crippen MR) is 96.2 cm³/mol. The van der Waals surface area contributed by atoms with E-state index in [0.29, 0.717) is 5.75 Å². The van der Waals surface area contributed by atoms with Crippen molar-refractivity contribution in [2.45, 2.75) is 44.2 Å². The molecule has 0 unspecified atom stereocenters. The molecule has 0 aromatic heterocycles. The fourth-order valence-corrected chi connectivity index (χ4v) is 3.60. The number of carboxylic acids is 1. The van der Waals surface area contributed by atoms with E-state index in [1.807, 2.05) is 36.4 Å². The molecule has 0 aliphatic carbocycles. The van der Waals surface area contributed by atoms with Crippen LogP contribution in [0.15, 0.2) is 49.6 Å². The molecule has 1 N–H and O–H groups in total. The van der Waals surface area contributed by atoms with Crippen LogP contribution in [0.5, 0.6) is 5.75 Å². The molecule has 0 amide bonds. The van der Waals surface area contributed by atoms with Gasteiger partial charge >= 0.3 is 5.97 Å². The van der Waals surface area contributed by atoms with Crippen molar-refractivity contribution >= 4 is 5.97 Å². The zero-order valence-corrected chi connectivity index (χ0v) is 14.2. The van der Waals surface area contributed by atoms with Gasteiger partial charge in [-0.2, -0.15) is 0 Å². The number of likely N-dealkylation sites (tertiary alicyclic amines) is 1. The summed E-state index contributed by atoms with van der Waals surface area (Å²) in [4.78, 5) is 13.3. The minimum absolute atomic E-state index is 0.0572. The van der Waals surface area contributed by atoms with Gasteiger partial charge < -0.3 is 9.84 Å². The standard InChI is InChI=1S/C20H27NO3/c1-3-11-20(12-4-2)13-7-8-14-21(20)15-17-9-5-6-10-18(17)24-16-19(22)23/h3-6,9-10H,1-2,7-8,11-16H2,(H,22,23). The molecule has 4 nitrogen and oxygen atoms in total. The molecule has 0 radical (unpaired) electrons. The molecule has 130 valence electrons. The maximum absolute atomic E-state index is 10.8. The van der Waals surface area contributed by atoms with E-state index in [4.69, 9.17) is 9.84 Å². The molecule has 1 aliphatic rings. The van der Waals surface area contributed by atoms with Gasteiger partial charge in [0.15, 0.2) is 6.61 Å². The first-order valence-corrected chi connectivity index (χ1v) is 8.50. The lowest BCUT2D eigenvalue weighted by Gasteiger charge is -2.47. The number of hydrogen-bond acceptors (Lipinski definition) is 3. The van der Waals surface area contributed by atoms with Crippen LogP contribution in [0.4, 0.5) is 0 Å². The van der Waals surface area contributed by atoms with E-state index in [1.54, 1.807) is 0 Å². The van der Waals surface area contributed by atoms with E-state index in [0.717, 1.165) is 37.9 Å². The summed E-state index contributed by atoms with van der Waals surface area (Å²) >= 11 is 0. The van der Waals surface area contributed by atoms with Gasteiger partial charge in [-0.05, 0) is 38.3 Å². The average molecular weight is 329 g/mol. The largest absolute Gasteiger partial charge is 0.482 e. The third-order valence-corrected chi connectivity index (χ3v) is 4.72. The van der Waals surface area contributed by atoms with Gasteiger partial charge in [-0.3, -0.25) is 4.90 Å². The van der Waals surface area contributed by atoms with Crippen molar-refractivity contribution in [3.05, 3.63) is 55.1 Å². The van der Waals surface area contributed by atoms with Gasteiger partial charge in [0.05, 0.1) is 0 Å². The van der Waals surface area contributed by atoms with Crippen LogP contribution < -0.4 is 4.74 Å². The maximum Gasteiger partial charge on any atom is 0.341 e. The number of benzene rings is 1. The first-order chi connectivity index (χ1) is 11.6. The molecule has 1 heterocycles. The monoisotopic (exact) mass is 329 g/mol. The average Bonchev–Trinajstić information content (AvgIpc) is 2.56. The van der Waals surface area contributed by atoms with Crippen molar-refractivity contribution in [1.82, 2.24) is 4.90 Å². The van der Waals surface area contributed by atoms with Gasteiger partial charge in [0.25, 0.3) is 0 Å². The second-order valence-corrected chi connectivity index (χ2v) is 6.38. The van der Waals surface area contributed by atoms with E-state index in [2.05, 4.69) is 18.1 Å². The quantitative estimate of drug-likeness (QED) is 0.695. The fourth-order valence-electron chi connectivity index (χ4n) is 3.60. The first kappa shape index (κ1) is 18.3. The Labute approximate surface area is 144 Å². The predicted octanol–water partition coefficient (Wildman–Crippen LogP) is 4.03. The Morgan fingerprint density at radius 2 is 1.96 bits per heavy atom. The molecule has 0 bridgehead atoms. The Morgan fingerprint density at radius 1 is 1.25 bits per heavy atom. The lowest BCUT2D eigenvalue weighted by Crippen LogP contribution is -2.50. The summed E-state index contributed by atoms with van der Waals surface area (Å²) in [6.45, 7) is 9.33. The second-order valence-electron chi connectivity index (χ2n) is 6.38. The number of para-hydroxylation sites is 1. The minimum atomic E-state index is -0.963. The normalized spacial score (nSPS) is 17.2. The van der Waals surface area contributed by atoms with E-state index in [-0.39, 0.29) is 12.1 Å². The van der Waals surface area contributed by atoms with Crippen LogP contribution in [-0.4, -0.2) is 34.7 Å². The van der Waals surface area contributed by atoms with E-state index in [1.165, 1.54) is 12.8 Å². The highest BCUT2D eigenvalue weighted by molar-refractivity contribution is 5.68. The van der Waals surface area contributed by atoms with Gasteiger partial charge in [0, 0.05) is 17.6 Å². The molecule has 24 heavy (non-hydrogen) atoms. The number of ether oxygens (including phenoxy) is 1. The number of carbonyl (C=O) groups is 1. The Balaban J connectivity index is 2.22. The van der Waals surface area contributed by atoms with Crippen LogP contribution >= 0.6 is 0 Å². The van der Waals surface area contributed by atoms with Crippen LogP contribution in [0, 0.1) is 0 Å². The highest BCUT2D eigenvalue weighted by Crippen LogP contribution is 2.37. The summed E-state index contributed by atoms with van der Waals surface area (Å²) in [5, 5.41) is 8.85. The van der Waals surface area contributed by atoms with E-state index >= 15 is 0 Å². The molecule has 4 heteroatoms. The molecule has 1 aromatic carbocycles. The third-order valence-electron chi connectivity index (χ3n) is 4.72. The van der Waals surface area contributed by atoms with Crippen LogP contribution in [0.25, 0.3) is 0 Å². The maximum atomic E-state index is 10.8. The first-order valence-electron chi connectivity index (χ1n) is 8.50. The Kier molecular flexibility index (Phi) is 6.62. The number of hydrogen-bond donors (Lipinski definition) is 1. The number of nitrogens with zero attached hydrogens (tertiary/aromatic N) is 1. The van der Waals surface area contributed by atoms with Crippen molar-refractivity contribution in [3.8, 4) is 5.75 Å². The highest BCUT2D eigenvalue weighted by Gasteiger charge is 2.36. The Bertz CT molecular complexity index is 572. The summed E-state index contributed by atoms with van der Waals surface area (Å²) in [6.07, 6.45) is 9.37. The van der Waals surface area contributed by atoms with Crippen LogP contribution in [0.1, 0.15) is 37.7 Å². The summed E-state index contributed by atoms with van der Waals surface area (Å²) in [6, 6.07) is 7.69. The Hall–Kier alpha value is -2.07. The fraction of sp³-hybridized carbons (Fsp3) is 0.450. The van der Waals surface area contributed by atoms with Gasteiger partial charge in [0.2, 0.25) is 0 Å². The number of carboxylic acid groups (broad SMARTS) is 1. The summed E-state index contributed by atoms with van der Waals surface area (Å²) < 4.78 is 5.46. The molecule has 1 aliphatic heterocycles. The van der Waals surface area contributed by atoms with Crippen molar-refractivity contribution in [1.29, 1.82) is 0 Å². The van der Waals surface area contributed by atoms with Crippen molar-refractivity contribution < 1.29 is 14.6 Å². The zero-order chi connectivity index (χ0) is 17.4. The smallest absolute Gasteiger partial charge is 0.341 e. The van der Waals surface area contributed by atoms with Crippen LogP contribution in [0.3, 0.4) is 0 Å². The SMILES string of the molecule is C=CCC1(CC=C)CCCCN1Cc1ccccc1OCC(=O)O. The van der Waals surface area contributed by atoms with E-state index in [9.17, 15) is 4.79 Å². The van der Waals surface area contributed by atoms with Crippen molar-refractivity contribution in [2.75, 3.05) is 13.2 Å². The lowest BCUT2D eigenvalue weighted by atomic mass is 9.80. The lowest BCUT2D eigenvalue weighted by molar-refractivity contribution is -0.139. The van der Waals surface area contributed by atoms with Gasteiger partial charge in [-0.25, -0.2) is 4.79 Å². The van der Waals surface area contributed by atoms with Crippen LogP contribution in [-0.2, 0) is 11.3 Å². The zero-order valence-electron chi connectivity index (χ0n) is 14.2. The van der Waals surface area contributed by atoms with Gasteiger partial charge in [-0.15, -0.1) is 13.2 Å². The Morgan fingerprint density at radius 3 is 2.62 bits per heavy atom. The number of piperidine rings is 1. The summed E-state index contributed by atoms with van der Waals surface area (Å²) in [5.74, 6) is -0.313. The molecular formula is C20H27NO3. The van der Waals surface area contributed by atoms with Crippen molar-refractivity contribution in [2.24, 2.45) is 0 Å². The van der Waals surface area contributed by atoms with Gasteiger partial charge in [0.1, 0.15) is 5.75 Å². The molecule has 1 aromatic rings. The summed E-state index contributed by atoms with van der Waals surface area (Å²) in [5.41, 5.74) is 1.08. The second kappa shape index (κ2) is 8.69. The molecule has 0 atom stereocenters. The van der Waals surface area contributed by atoms with Crippen LogP contribution in [0.2, 0.25) is 0 Å². The highest BCUT2D eigenvalue weighted by atomic mass is 16.5. The molecule has 1 saturated heterocycles. The third kappa shape index (κ3) is 4.48. The molecule has 0 spiro atoms. The molecule has 2 rings (SSSR count). The molecular weight excluding hydrogens is 302 g/mol. The van der Waals surface area contributed by atoms with Crippen molar-refractivity contribution in [3.63, 3.8) is 0 Å². The molecule has 0 saturated carbocycles. The number of rotatable bonds is 9. The topological polar surface area (TPSA) is 49.8 Å². The minimum Gasteiger partial charge on any atom is -0.482 e. The molecule has 1 fully saturated rings. The number of aliphatic carboxylic acids is 1. The van der Waals surface area contributed by atoms with Gasteiger partial charge in [-0.1, -0.05) is 36.8 Å².